The van der Waals surface area contributed by atoms with E-state index in [1.54, 1.807) is 50.4 Å². The summed E-state index contributed by atoms with van der Waals surface area (Å²) in [4.78, 5) is 135. The van der Waals surface area contributed by atoms with Gasteiger partial charge in [0.15, 0.2) is 0 Å². The zero-order chi connectivity index (χ0) is 58.2. The van der Waals surface area contributed by atoms with E-state index < -0.39 is 132 Å². The van der Waals surface area contributed by atoms with Crippen molar-refractivity contribution >= 4 is 70.9 Å². The van der Waals surface area contributed by atoms with E-state index in [0.717, 1.165) is 0 Å². The number of nitrogens with one attached hydrogen (secondary N) is 8. The van der Waals surface area contributed by atoms with Crippen molar-refractivity contribution in [1.29, 1.82) is 0 Å². The lowest BCUT2D eigenvalue weighted by Crippen LogP contribution is -2.61. The third kappa shape index (κ3) is 27.3. The first-order chi connectivity index (χ1) is 36.4. The molecule has 1 aromatic carbocycles. The zero-order valence-electron chi connectivity index (χ0n) is 46.0. The predicted molar refractivity (Wildman–Crippen MR) is 294 cm³/mol. The maximum Gasteiger partial charge on any atom is 0.326 e. The molecule has 0 aliphatic rings. The largest absolute Gasteiger partial charge is 0.480 e. The van der Waals surface area contributed by atoms with Crippen molar-refractivity contribution in [1.82, 2.24) is 42.5 Å². The number of aliphatic hydroxyl groups excluding tert-OH is 1. The second kappa shape index (κ2) is 37.8. The molecule has 0 saturated heterocycles. The first-order valence-electron chi connectivity index (χ1n) is 26.7. The summed E-state index contributed by atoms with van der Waals surface area (Å²) >= 11 is 1.40. The fourth-order valence-corrected chi connectivity index (χ4v) is 8.47. The third-order valence-electron chi connectivity index (χ3n) is 12.6. The molecule has 25 heteroatoms. The topological polar surface area (TPSA) is 411 Å². The number of hydrogen-bond acceptors (Lipinski definition) is 15. The number of rotatable bonds is 40. The molecule has 0 fully saturated rings. The second-order valence-corrected chi connectivity index (χ2v) is 21.2. The van der Waals surface area contributed by atoms with Crippen molar-refractivity contribution in [3.63, 3.8) is 0 Å². The highest BCUT2D eigenvalue weighted by Gasteiger charge is 2.36. The van der Waals surface area contributed by atoms with Crippen LogP contribution in [-0.2, 0) is 54.4 Å². The van der Waals surface area contributed by atoms with Gasteiger partial charge >= 0.3 is 5.97 Å². The Hall–Kier alpha value is -5.89. The van der Waals surface area contributed by atoms with Gasteiger partial charge in [-0.3, -0.25) is 43.2 Å². The van der Waals surface area contributed by atoms with Crippen LogP contribution in [0.1, 0.15) is 124 Å². The number of nitrogens with two attached hydrogens (primary N) is 4. The van der Waals surface area contributed by atoms with Crippen LogP contribution < -0.4 is 65.5 Å². The molecular weight excluding hydrogens is 1020 g/mol. The molecule has 24 nitrogen and oxygen atoms in total. The van der Waals surface area contributed by atoms with Crippen LogP contribution in [0.4, 0.5) is 0 Å². The monoisotopic (exact) mass is 1110 g/mol. The van der Waals surface area contributed by atoms with E-state index in [-0.39, 0.29) is 63.5 Å². The predicted octanol–water partition coefficient (Wildman–Crippen LogP) is -1.07. The minimum atomic E-state index is -1.59. The van der Waals surface area contributed by atoms with Crippen LogP contribution in [0, 0.1) is 17.8 Å². The summed E-state index contributed by atoms with van der Waals surface area (Å²) in [6, 6.07) is -3.16. The number of amides is 9. The number of carbonyl (C=O) groups excluding carboxylic acids is 9. The van der Waals surface area contributed by atoms with Crippen molar-refractivity contribution in [2.24, 2.45) is 40.7 Å². The molecular formula is C52H90N12O12S. The summed E-state index contributed by atoms with van der Waals surface area (Å²) in [7, 11) is 0. The molecule has 436 valence electrons. The van der Waals surface area contributed by atoms with Crippen molar-refractivity contribution < 1.29 is 58.2 Å². The molecule has 0 heterocycles. The number of hydrogen-bond donors (Lipinski definition) is 14. The van der Waals surface area contributed by atoms with Gasteiger partial charge in [-0.2, -0.15) is 11.8 Å². The summed E-state index contributed by atoms with van der Waals surface area (Å²) in [6.45, 7) is 10.5. The van der Waals surface area contributed by atoms with Gasteiger partial charge in [-0.1, -0.05) is 78.3 Å². The van der Waals surface area contributed by atoms with Crippen LogP contribution in [0.2, 0.25) is 0 Å². The van der Waals surface area contributed by atoms with E-state index in [1.807, 2.05) is 27.7 Å². The molecule has 1 aromatic rings. The molecule has 77 heavy (non-hydrogen) atoms. The molecule has 10 atom stereocenters. The number of thioether (sulfide) groups is 1. The Morgan fingerprint density at radius 2 is 0.987 bits per heavy atom. The Labute approximate surface area is 457 Å². The maximum atomic E-state index is 14.5. The molecule has 1 rings (SSSR count). The van der Waals surface area contributed by atoms with E-state index in [0.29, 0.717) is 49.8 Å². The molecule has 0 radical (unpaired) electrons. The minimum absolute atomic E-state index is 0.00503. The first-order valence-corrected chi connectivity index (χ1v) is 28.1. The van der Waals surface area contributed by atoms with E-state index in [4.69, 9.17) is 22.9 Å². The van der Waals surface area contributed by atoms with Gasteiger partial charge < -0.3 is 75.7 Å². The molecule has 9 amide bonds. The molecule has 0 bridgehead atoms. The Bertz CT molecular complexity index is 2040. The van der Waals surface area contributed by atoms with Crippen molar-refractivity contribution in [3.8, 4) is 0 Å². The van der Waals surface area contributed by atoms with Gasteiger partial charge in [-0.15, -0.1) is 0 Å². The smallest absolute Gasteiger partial charge is 0.326 e. The zero-order valence-corrected chi connectivity index (χ0v) is 46.8. The lowest BCUT2D eigenvalue weighted by Gasteiger charge is -2.29. The summed E-state index contributed by atoms with van der Waals surface area (Å²) in [6.07, 6.45) is 3.52. The Morgan fingerprint density at radius 3 is 1.44 bits per heavy atom. The van der Waals surface area contributed by atoms with Crippen LogP contribution in [0.5, 0.6) is 0 Å². The molecule has 0 spiro atoms. The SMILES string of the molecule is CC[C@H](C)[C@H](NC(=O)[C@@H](N)CC(C)C)C(=O)N[C@@H](CO)C(=O)N[C@@H](CCCCN)C(=O)N[C@@H](Cc1ccccc1)C(=O)N[C@@H](CCC(N)=O)C(=O)N[C@@H](CCCCN)C(=O)N[C@@H](CC(C)C)C(=O)N[C@@H](CCSC)C(=O)O. The lowest BCUT2D eigenvalue weighted by atomic mass is 9.96. The Morgan fingerprint density at radius 1 is 0.545 bits per heavy atom. The second-order valence-electron chi connectivity index (χ2n) is 20.2. The average molecular weight is 1110 g/mol. The van der Waals surface area contributed by atoms with Crippen LogP contribution in [0.3, 0.4) is 0 Å². The lowest BCUT2D eigenvalue weighted by molar-refractivity contribution is -0.142. The van der Waals surface area contributed by atoms with Gasteiger partial charge in [0.2, 0.25) is 53.2 Å². The third-order valence-corrected chi connectivity index (χ3v) is 13.3. The van der Waals surface area contributed by atoms with Gasteiger partial charge in [0.25, 0.3) is 0 Å². The fraction of sp³-hybridized carbons (Fsp3) is 0.692. The van der Waals surface area contributed by atoms with Gasteiger partial charge in [0, 0.05) is 12.8 Å². The number of carboxylic acids is 1. The number of primary amides is 1. The van der Waals surface area contributed by atoms with Gasteiger partial charge in [-0.05, 0) is 113 Å². The highest BCUT2D eigenvalue weighted by Crippen LogP contribution is 2.14. The maximum absolute atomic E-state index is 14.5. The van der Waals surface area contributed by atoms with Crippen molar-refractivity contribution in [2.75, 3.05) is 31.7 Å². The molecule has 0 aliphatic heterocycles. The Kier molecular flexibility index (Phi) is 33.9. The highest BCUT2D eigenvalue weighted by atomic mass is 32.2. The number of unbranched alkanes of at least 4 members (excludes halogenated alkanes) is 2. The summed E-state index contributed by atoms with van der Waals surface area (Å²) < 4.78 is 0. The normalized spacial score (nSPS) is 15.2. The quantitative estimate of drug-likeness (QED) is 0.0348. The van der Waals surface area contributed by atoms with Gasteiger partial charge in [0.1, 0.15) is 48.3 Å². The Balaban J connectivity index is 3.60. The summed E-state index contributed by atoms with van der Waals surface area (Å²) in [5.41, 5.74) is 23.7. The van der Waals surface area contributed by atoms with Crippen LogP contribution in [0.15, 0.2) is 30.3 Å². The summed E-state index contributed by atoms with van der Waals surface area (Å²) in [5.74, 6) is -8.56. The molecule has 18 N–H and O–H groups in total. The number of carboxylic acid groups (broad SMARTS) is 1. The minimum Gasteiger partial charge on any atom is -0.480 e. The highest BCUT2D eigenvalue weighted by molar-refractivity contribution is 7.98. The van der Waals surface area contributed by atoms with Crippen LogP contribution in [-0.4, -0.2) is 155 Å². The first kappa shape index (κ1) is 69.1. The van der Waals surface area contributed by atoms with Gasteiger partial charge in [0.05, 0.1) is 12.6 Å². The number of aliphatic carboxylic acids is 1. The molecule has 0 saturated carbocycles. The average Bonchev–Trinajstić information content (AvgIpc) is 3.37. The van der Waals surface area contributed by atoms with Crippen LogP contribution >= 0.6 is 11.8 Å². The standard InChI is InChI=1S/C52H90N12O12S/c1-8-32(6)43(64-44(67)34(55)26-30(2)3)51(74)63-41(29-65)50(73)58-36(19-13-15-24-54)46(69)62-40(28-33-16-10-9-11-17-33)49(72)59-37(20-21-42(56)66)47(70)57-35(18-12-14-23-53)45(68)61-39(27-31(4)5)48(71)60-38(52(75)76)22-25-77-7/h9-11,16-17,30-32,34-41,43,65H,8,12-15,18-29,53-55H2,1-7H3,(H2,56,66)(H,57,70)(H,58,73)(H,59,72)(H,60,71)(H,61,68)(H,62,69)(H,63,74)(H,64,67)(H,75,76)/t32-,34-,35-,36-,37-,38-,39-,40-,41-,43-/m0/s1. The fourth-order valence-electron chi connectivity index (χ4n) is 8.00. The van der Waals surface area contributed by atoms with E-state index >= 15 is 0 Å². The number of carbonyl (C=O) groups is 10. The molecule has 0 aliphatic carbocycles. The van der Waals surface area contributed by atoms with E-state index in [1.165, 1.54) is 11.8 Å². The van der Waals surface area contributed by atoms with Gasteiger partial charge in [-0.25, -0.2) is 4.79 Å². The molecule has 0 aromatic heterocycles. The van der Waals surface area contributed by atoms with E-state index in [9.17, 15) is 58.2 Å². The number of aliphatic hydroxyl groups is 1. The van der Waals surface area contributed by atoms with Crippen molar-refractivity contribution in [3.05, 3.63) is 35.9 Å². The number of benzene rings is 1. The van der Waals surface area contributed by atoms with Crippen LogP contribution in [0.25, 0.3) is 0 Å². The molecule has 0 unspecified atom stereocenters. The van der Waals surface area contributed by atoms with E-state index in [2.05, 4.69) is 42.5 Å². The summed E-state index contributed by atoms with van der Waals surface area (Å²) in [5, 5.41) is 41.0. The van der Waals surface area contributed by atoms with Crippen molar-refractivity contribution in [2.45, 2.75) is 179 Å².